The Labute approximate surface area is 314 Å². The number of methoxy groups -OCH3 is 1. The lowest BCUT2D eigenvalue weighted by molar-refractivity contribution is 0.0180. The van der Waals surface area contributed by atoms with Gasteiger partial charge in [0.25, 0.3) is 0 Å². The lowest BCUT2D eigenvalue weighted by atomic mass is 10.0. The summed E-state index contributed by atoms with van der Waals surface area (Å²) in [6, 6.07) is 33.0. The van der Waals surface area contributed by atoms with E-state index in [1.807, 2.05) is 79.7 Å². The summed E-state index contributed by atoms with van der Waals surface area (Å²) in [4.78, 5) is 28.6. The van der Waals surface area contributed by atoms with Gasteiger partial charge in [-0.05, 0) is 54.3 Å². The van der Waals surface area contributed by atoms with Crippen molar-refractivity contribution in [2.45, 2.75) is 37.9 Å². The normalized spacial score (nSPS) is 15.8. The van der Waals surface area contributed by atoms with E-state index in [0.717, 1.165) is 11.1 Å². The Morgan fingerprint density at radius 2 is 1.61 bits per heavy atom. The van der Waals surface area contributed by atoms with Gasteiger partial charge in [0.15, 0.2) is 0 Å². The third-order valence-corrected chi connectivity index (χ3v) is 10.4. The molecule has 12 nitrogen and oxygen atoms in total. The highest BCUT2D eigenvalue weighted by Crippen LogP contribution is 2.39. The minimum Gasteiger partial charge on any atom is -0.445 e. The number of hydrogen-bond acceptors (Lipinski definition) is 10. The maximum atomic E-state index is 13.2. The molecule has 276 valence electrons. The number of carbonyl (C=O) groups excluding carboxylic acids is 1. The Hall–Kier alpha value is -6.05. The van der Waals surface area contributed by atoms with E-state index < -0.39 is 16.1 Å². The fourth-order valence-corrected chi connectivity index (χ4v) is 7.69. The topological polar surface area (TPSA) is 145 Å². The van der Waals surface area contributed by atoms with Crippen LogP contribution in [0.15, 0.2) is 122 Å². The number of rotatable bonds is 12. The quantitative estimate of drug-likeness (QED) is 0.129. The van der Waals surface area contributed by atoms with Crippen LogP contribution in [0.1, 0.15) is 23.1 Å². The van der Waals surface area contributed by atoms with Crippen LogP contribution in [0, 0.1) is 6.92 Å². The van der Waals surface area contributed by atoms with Gasteiger partial charge in [0.2, 0.25) is 21.9 Å². The zero-order valence-corrected chi connectivity index (χ0v) is 30.7. The maximum Gasteiger partial charge on any atom is 0.410 e. The predicted molar refractivity (Wildman–Crippen MR) is 208 cm³/mol. The molecule has 2 N–H and O–H groups in total. The first-order valence-electron chi connectivity index (χ1n) is 17.5. The van der Waals surface area contributed by atoms with E-state index in [0.29, 0.717) is 70.4 Å². The van der Waals surface area contributed by atoms with Crippen molar-refractivity contribution in [3.8, 4) is 22.9 Å². The summed E-state index contributed by atoms with van der Waals surface area (Å²) in [5, 5.41) is 4.78. The van der Waals surface area contributed by atoms with Gasteiger partial charge in [-0.2, -0.15) is 0 Å². The predicted octanol–water partition coefficient (Wildman–Crippen LogP) is 7.57. The number of nitrogens with zero attached hydrogens (tertiary/aromatic N) is 4. The van der Waals surface area contributed by atoms with Crippen LogP contribution in [-0.2, 0) is 31.9 Å². The molecule has 6 aromatic rings. The van der Waals surface area contributed by atoms with Gasteiger partial charge < -0.3 is 24.4 Å². The van der Waals surface area contributed by atoms with Gasteiger partial charge in [0.05, 0.1) is 35.3 Å². The molecule has 0 unspecified atom stereocenters. The molecule has 2 atom stereocenters. The van der Waals surface area contributed by atoms with Crippen LogP contribution in [0.2, 0.25) is 0 Å². The van der Waals surface area contributed by atoms with E-state index >= 15 is 0 Å². The molecule has 1 aliphatic heterocycles. The highest BCUT2D eigenvalue weighted by molar-refractivity contribution is 7.91. The van der Waals surface area contributed by atoms with Gasteiger partial charge in [-0.15, -0.1) is 0 Å². The van der Waals surface area contributed by atoms with Gasteiger partial charge in [-0.1, -0.05) is 84.9 Å². The molecule has 0 saturated carbocycles. The fraction of sp³-hybridized carbons (Fsp3) is 0.220. The van der Waals surface area contributed by atoms with Gasteiger partial charge >= 0.3 is 6.09 Å². The van der Waals surface area contributed by atoms with Crippen molar-refractivity contribution in [3.05, 3.63) is 138 Å². The first kappa shape index (κ1) is 36.3. The minimum atomic E-state index is -3.70. The average Bonchev–Trinajstić information content (AvgIpc) is 3.18. The maximum absolute atomic E-state index is 13.2. The number of sulfonamides is 1. The molecular formula is C41H40N6O6S. The molecule has 0 bridgehead atoms. The van der Waals surface area contributed by atoms with Crippen molar-refractivity contribution in [2.75, 3.05) is 30.2 Å². The van der Waals surface area contributed by atoms with E-state index in [-0.39, 0.29) is 24.5 Å². The number of aromatic nitrogens is 3. The third-order valence-electron chi connectivity index (χ3n) is 9.12. The van der Waals surface area contributed by atoms with Crippen molar-refractivity contribution in [1.82, 2.24) is 19.9 Å². The highest BCUT2D eigenvalue weighted by Gasteiger charge is 2.31. The first-order valence-corrected chi connectivity index (χ1v) is 19.2. The van der Waals surface area contributed by atoms with Gasteiger partial charge in [-0.25, -0.2) is 28.2 Å². The number of pyridine rings is 1. The number of anilines is 2. The Kier molecular flexibility index (Phi) is 11.0. The standard InChI is InChI=1S/C41H40N6O6S/c1-28-18-19-33-34(15-9-17-37(33)46-54(49,50)27-30-13-7-4-8-14-30)38(28)53-39-35(16-10-21-42-39)36-20-22-43-40(45-36)44-31-23-32(51-2)25-47(24-31)41(48)52-26-29-11-5-3-6-12-29/h3-22,31-32,46H,23-27H2,1-2H3,(H,43,44,45)/t31-,32+/m1/s1. The van der Waals surface area contributed by atoms with Gasteiger partial charge in [0, 0.05) is 42.9 Å². The Morgan fingerprint density at radius 1 is 0.833 bits per heavy atom. The number of piperidine rings is 1. The number of ether oxygens (including phenoxy) is 3. The molecule has 3 heterocycles. The highest BCUT2D eigenvalue weighted by atomic mass is 32.2. The van der Waals surface area contributed by atoms with Crippen molar-refractivity contribution < 1.29 is 27.4 Å². The van der Waals surface area contributed by atoms with Crippen LogP contribution in [0.3, 0.4) is 0 Å². The zero-order valence-electron chi connectivity index (χ0n) is 29.9. The summed E-state index contributed by atoms with van der Waals surface area (Å²) in [6.45, 7) is 2.90. The molecule has 0 spiro atoms. The zero-order chi connectivity index (χ0) is 37.5. The largest absolute Gasteiger partial charge is 0.445 e. The van der Waals surface area contributed by atoms with E-state index in [9.17, 15) is 13.2 Å². The molecule has 1 fully saturated rings. The molecule has 1 amide bonds. The molecule has 54 heavy (non-hydrogen) atoms. The first-order chi connectivity index (χ1) is 26.2. The second-order valence-corrected chi connectivity index (χ2v) is 14.8. The average molecular weight is 745 g/mol. The van der Waals surface area contributed by atoms with Crippen LogP contribution >= 0.6 is 0 Å². The summed E-state index contributed by atoms with van der Waals surface area (Å²) in [6.07, 6.45) is 3.31. The third kappa shape index (κ3) is 8.76. The summed E-state index contributed by atoms with van der Waals surface area (Å²) < 4.78 is 46.9. The van der Waals surface area contributed by atoms with Crippen LogP contribution in [0.4, 0.5) is 16.4 Å². The lowest BCUT2D eigenvalue weighted by Gasteiger charge is -2.36. The number of aryl methyl sites for hydroxylation is 1. The van der Waals surface area contributed by atoms with Gasteiger partial charge in [-0.3, -0.25) is 4.72 Å². The molecule has 13 heteroatoms. The number of benzene rings is 4. The Morgan fingerprint density at radius 3 is 2.39 bits per heavy atom. The lowest BCUT2D eigenvalue weighted by Crippen LogP contribution is -2.51. The van der Waals surface area contributed by atoms with E-state index in [1.54, 1.807) is 60.8 Å². The Bertz CT molecular complexity index is 2350. The van der Waals surface area contributed by atoms with E-state index in [2.05, 4.69) is 20.0 Å². The van der Waals surface area contributed by atoms with Crippen LogP contribution < -0.4 is 14.8 Å². The van der Waals surface area contributed by atoms with Gasteiger partial charge in [0.1, 0.15) is 12.4 Å². The number of carbonyl (C=O) groups is 1. The Balaban J connectivity index is 1.09. The molecule has 0 radical (unpaired) electrons. The van der Waals surface area contributed by atoms with Crippen LogP contribution in [0.25, 0.3) is 22.0 Å². The molecule has 1 saturated heterocycles. The number of fused-ring (bicyclic) bond motifs is 1. The minimum absolute atomic E-state index is 0.153. The fourth-order valence-electron chi connectivity index (χ4n) is 6.47. The number of amides is 1. The van der Waals surface area contributed by atoms with E-state index in [1.165, 1.54) is 0 Å². The summed E-state index contributed by atoms with van der Waals surface area (Å²) >= 11 is 0. The second kappa shape index (κ2) is 16.3. The van der Waals surface area contributed by atoms with Crippen LogP contribution in [-0.4, -0.2) is 66.7 Å². The molecule has 1 aliphatic rings. The number of hydrogen-bond donors (Lipinski definition) is 2. The number of nitrogens with one attached hydrogen (secondary N) is 2. The molecule has 4 aromatic carbocycles. The van der Waals surface area contributed by atoms with Crippen molar-refractivity contribution in [3.63, 3.8) is 0 Å². The smallest absolute Gasteiger partial charge is 0.410 e. The SMILES string of the molecule is CO[C@H]1C[C@@H](Nc2nccc(-c3cccnc3Oc3c(C)ccc4c(NS(=O)(=O)Cc5ccccc5)cccc34)n2)CN(C(=O)OCc2ccccc2)C1. The van der Waals surface area contributed by atoms with E-state index in [4.69, 9.17) is 19.2 Å². The molecule has 2 aromatic heterocycles. The van der Waals surface area contributed by atoms with Crippen LogP contribution in [0.5, 0.6) is 11.6 Å². The number of likely N-dealkylation sites (tertiary alicyclic amines) is 1. The summed E-state index contributed by atoms with van der Waals surface area (Å²) in [5.74, 6) is 1.07. The summed E-state index contributed by atoms with van der Waals surface area (Å²) in [7, 11) is -2.07. The van der Waals surface area contributed by atoms with Crippen molar-refractivity contribution in [2.24, 2.45) is 0 Å². The summed E-state index contributed by atoms with van der Waals surface area (Å²) in [5.41, 5.74) is 4.08. The van der Waals surface area contributed by atoms with Crippen molar-refractivity contribution >= 4 is 38.5 Å². The molecule has 7 rings (SSSR count). The second-order valence-electron chi connectivity index (χ2n) is 13.1. The monoisotopic (exact) mass is 744 g/mol. The molecular weight excluding hydrogens is 705 g/mol. The molecule has 0 aliphatic carbocycles. The van der Waals surface area contributed by atoms with Crippen molar-refractivity contribution in [1.29, 1.82) is 0 Å².